The molecular weight excluding hydrogens is 306 g/mol. The second kappa shape index (κ2) is 6.87. The van der Waals surface area contributed by atoms with Crippen LogP contribution in [0.1, 0.15) is 10.4 Å². The van der Waals surface area contributed by atoms with Gasteiger partial charge in [0, 0.05) is 16.6 Å². The third-order valence-electron chi connectivity index (χ3n) is 3.48. The predicted octanol–water partition coefficient (Wildman–Crippen LogP) is 3.39. The van der Waals surface area contributed by atoms with E-state index in [1.54, 1.807) is 30.5 Å². The van der Waals surface area contributed by atoms with Gasteiger partial charge in [-0.3, -0.25) is 9.89 Å². The molecule has 0 spiro atoms. The van der Waals surface area contributed by atoms with Crippen LogP contribution in [0.15, 0.2) is 55.3 Å². The van der Waals surface area contributed by atoms with Crippen molar-refractivity contribution < 1.29 is 14.3 Å². The van der Waals surface area contributed by atoms with Crippen molar-refractivity contribution in [2.75, 3.05) is 19.0 Å². The predicted molar refractivity (Wildman–Crippen MR) is 92.7 cm³/mol. The molecular formula is C18H17N3O3. The Bertz CT molecular complexity index is 886. The summed E-state index contributed by atoms with van der Waals surface area (Å²) in [6.45, 7) is 3.97. The van der Waals surface area contributed by atoms with Crippen LogP contribution < -0.4 is 14.8 Å². The zero-order chi connectivity index (χ0) is 16.9. The first-order valence-electron chi connectivity index (χ1n) is 7.37. The van der Waals surface area contributed by atoms with E-state index in [-0.39, 0.29) is 5.91 Å². The Morgan fingerprint density at radius 3 is 2.96 bits per heavy atom. The molecule has 24 heavy (non-hydrogen) atoms. The van der Waals surface area contributed by atoms with Crippen molar-refractivity contribution >= 4 is 22.5 Å². The van der Waals surface area contributed by atoms with Crippen LogP contribution in [0.4, 0.5) is 5.69 Å². The third-order valence-corrected chi connectivity index (χ3v) is 3.48. The molecule has 0 saturated heterocycles. The number of anilines is 1. The van der Waals surface area contributed by atoms with Crippen LogP contribution in [0, 0.1) is 0 Å². The Hall–Kier alpha value is -3.28. The average Bonchev–Trinajstić information content (AvgIpc) is 3.07. The second-order valence-electron chi connectivity index (χ2n) is 5.09. The van der Waals surface area contributed by atoms with E-state index in [4.69, 9.17) is 9.47 Å². The maximum absolute atomic E-state index is 12.4. The van der Waals surface area contributed by atoms with Crippen molar-refractivity contribution in [3.8, 4) is 11.5 Å². The molecule has 2 N–H and O–H groups in total. The van der Waals surface area contributed by atoms with Crippen LogP contribution in [0.25, 0.3) is 10.9 Å². The van der Waals surface area contributed by atoms with Crippen molar-refractivity contribution in [2.24, 2.45) is 0 Å². The van der Waals surface area contributed by atoms with Gasteiger partial charge in [0.25, 0.3) is 5.91 Å². The Kier molecular flexibility index (Phi) is 4.47. The Morgan fingerprint density at radius 1 is 1.29 bits per heavy atom. The van der Waals surface area contributed by atoms with Gasteiger partial charge in [-0.2, -0.15) is 5.10 Å². The van der Waals surface area contributed by atoms with Crippen molar-refractivity contribution in [3.63, 3.8) is 0 Å². The first-order chi connectivity index (χ1) is 11.7. The minimum atomic E-state index is -0.230. The molecule has 1 amide bonds. The zero-order valence-corrected chi connectivity index (χ0v) is 13.2. The highest BCUT2D eigenvalue weighted by atomic mass is 16.5. The number of aromatic amines is 1. The molecule has 0 radical (unpaired) electrons. The van der Waals surface area contributed by atoms with Gasteiger partial charge < -0.3 is 14.8 Å². The molecule has 122 valence electrons. The number of fused-ring (bicyclic) bond motifs is 1. The fourth-order valence-corrected chi connectivity index (χ4v) is 2.30. The fourth-order valence-electron chi connectivity index (χ4n) is 2.30. The number of nitrogens with zero attached hydrogens (tertiary/aromatic N) is 1. The van der Waals surface area contributed by atoms with E-state index in [0.29, 0.717) is 29.4 Å². The van der Waals surface area contributed by atoms with Crippen molar-refractivity contribution in [2.45, 2.75) is 0 Å². The van der Waals surface area contributed by atoms with Crippen LogP contribution in [-0.4, -0.2) is 29.8 Å². The largest absolute Gasteiger partial charge is 0.493 e. The molecule has 0 unspecified atom stereocenters. The summed E-state index contributed by atoms with van der Waals surface area (Å²) in [5, 5.41) is 10.6. The fraction of sp³-hybridized carbons (Fsp3) is 0.111. The van der Waals surface area contributed by atoms with Crippen molar-refractivity contribution in [1.29, 1.82) is 0 Å². The number of methoxy groups -OCH3 is 1. The second-order valence-corrected chi connectivity index (χ2v) is 5.09. The van der Waals surface area contributed by atoms with Crippen LogP contribution >= 0.6 is 0 Å². The van der Waals surface area contributed by atoms with Gasteiger partial charge in [-0.05, 0) is 36.4 Å². The summed E-state index contributed by atoms with van der Waals surface area (Å²) in [4.78, 5) is 12.4. The van der Waals surface area contributed by atoms with Crippen LogP contribution in [0.2, 0.25) is 0 Å². The lowest BCUT2D eigenvalue weighted by molar-refractivity contribution is 0.102. The number of aromatic nitrogens is 2. The van der Waals surface area contributed by atoms with Gasteiger partial charge in [-0.1, -0.05) is 12.7 Å². The van der Waals surface area contributed by atoms with Gasteiger partial charge in [-0.15, -0.1) is 0 Å². The molecule has 0 bridgehead atoms. The number of hydrogen-bond acceptors (Lipinski definition) is 4. The summed E-state index contributed by atoms with van der Waals surface area (Å²) in [7, 11) is 1.53. The first kappa shape index (κ1) is 15.6. The lowest BCUT2D eigenvalue weighted by atomic mass is 10.1. The van der Waals surface area contributed by atoms with E-state index in [0.717, 1.165) is 10.9 Å². The summed E-state index contributed by atoms with van der Waals surface area (Å²) in [6.07, 6.45) is 3.35. The highest BCUT2D eigenvalue weighted by Crippen LogP contribution is 2.28. The molecule has 2 aromatic carbocycles. The standard InChI is InChI=1S/C18H17N3O3/c1-3-8-24-16-7-4-12(10-17(16)23-2)18(22)20-14-5-6-15-13(9-14)11-19-21-15/h3-7,9-11H,1,8H2,2H3,(H,19,21)(H,20,22). The number of ether oxygens (including phenoxy) is 2. The summed E-state index contributed by atoms with van der Waals surface area (Å²) in [5.74, 6) is 0.829. The number of rotatable bonds is 6. The van der Waals surface area contributed by atoms with Gasteiger partial charge >= 0.3 is 0 Å². The minimum Gasteiger partial charge on any atom is -0.493 e. The number of benzene rings is 2. The lowest BCUT2D eigenvalue weighted by Gasteiger charge is -2.11. The van der Waals surface area contributed by atoms with Gasteiger partial charge in [0.1, 0.15) is 6.61 Å². The molecule has 0 aliphatic rings. The number of amides is 1. The minimum absolute atomic E-state index is 0.230. The average molecular weight is 323 g/mol. The number of carbonyl (C=O) groups excluding carboxylic acids is 1. The van der Waals surface area contributed by atoms with Crippen molar-refractivity contribution in [1.82, 2.24) is 10.2 Å². The van der Waals surface area contributed by atoms with E-state index in [1.807, 2.05) is 18.2 Å². The number of carbonyl (C=O) groups is 1. The van der Waals surface area contributed by atoms with Crippen LogP contribution in [0.5, 0.6) is 11.5 Å². The summed E-state index contributed by atoms with van der Waals surface area (Å²) in [5.41, 5.74) is 2.09. The van der Waals surface area contributed by atoms with Gasteiger partial charge in [0.15, 0.2) is 11.5 Å². The summed E-state index contributed by atoms with van der Waals surface area (Å²) >= 11 is 0. The van der Waals surface area contributed by atoms with E-state index < -0.39 is 0 Å². The third kappa shape index (κ3) is 3.22. The Balaban J connectivity index is 1.79. The number of hydrogen-bond donors (Lipinski definition) is 2. The lowest BCUT2D eigenvalue weighted by Crippen LogP contribution is -2.12. The quantitative estimate of drug-likeness (QED) is 0.682. The van der Waals surface area contributed by atoms with Gasteiger partial charge in [-0.25, -0.2) is 0 Å². The normalized spacial score (nSPS) is 10.4. The molecule has 1 aromatic heterocycles. The van der Waals surface area contributed by atoms with E-state index >= 15 is 0 Å². The maximum Gasteiger partial charge on any atom is 0.255 e. The number of nitrogens with one attached hydrogen (secondary N) is 2. The smallest absolute Gasteiger partial charge is 0.255 e. The van der Waals surface area contributed by atoms with Crippen LogP contribution in [0.3, 0.4) is 0 Å². The monoisotopic (exact) mass is 323 g/mol. The Morgan fingerprint density at radius 2 is 2.17 bits per heavy atom. The summed E-state index contributed by atoms with van der Waals surface area (Å²) in [6, 6.07) is 10.6. The maximum atomic E-state index is 12.4. The highest BCUT2D eigenvalue weighted by molar-refractivity contribution is 6.05. The highest BCUT2D eigenvalue weighted by Gasteiger charge is 2.12. The molecule has 3 rings (SSSR count). The molecule has 0 atom stereocenters. The zero-order valence-electron chi connectivity index (χ0n) is 13.2. The number of H-pyrrole nitrogens is 1. The van der Waals surface area contributed by atoms with E-state index in [2.05, 4.69) is 22.1 Å². The Labute approximate surface area is 139 Å². The molecule has 6 nitrogen and oxygen atoms in total. The molecule has 0 aliphatic carbocycles. The topological polar surface area (TPSA) is 76.2 Å². The van der Waals surface area contributed by atoms with Gasteiger partial charge in [0.05, 0.1) is 18.8 Å². The summed E-state index contributed by atoms with van der Waals surface area (Å²) < 4.78 is 10.8. The molecule has 6 heteroatoms. The molecule has 0 fully saturated rings. The molecule has 0 aliphatic heterocycles. The molecule has 3 aromatic rings. The first-order valence-corrected chi connectivity index (χ1v) is 7.37. The van der Waals surface area contributed by atoms with Crippen molar-refractivity contribution in [3.05, 3.63) is 60.8 Å². The SMILES string of the molecule is C=CCOc1ccc(C(=O)Nc2ccc3[nH]ncc3c2)cc1OC. The van der Waals surface area contributed by atoms with E-state index in [9.17, 15) is 4.79 Å². The molecule has 0 saturated carbocycles. The van der Waals surface area contributed by atoms with Crippen LogP contribution in [-0.2, 0) is 0 Å². The molecule has 1 heterocycles. The van der Waals surface area contributed by atoms with Gasteiger partial charge in [0.2, 0.25) is 0 Å². The van der Waals surface area contributed by atoms with E-state index in [1.165, 1.54) is 7.11 Å².